The lowest BCUT2D eigenvalue weighted by Gasteiger charge is -2.26. The Hall–Kier alpha value is -2.21. The third-order valence-corrected chi connectivity index (χ3v) is 7.88. The van der Waals surface area contributed by atoms with Gasteiger partial charge in [-0.3, -0.25) is 4.79 Å². The first-order valence-electron chi connectivity index (χ1n) is 9.24. The maximum atomic E-state index is 13.2. The van der Waals surface area contributed by atoms with Crippen molar-refractivity contribution in [2.75, 3.05) is 18.8 Å². The summed E-state index contributed by atoms with van der Waals surface area (Å²) in [5.74, 6) is -0.385. The second-order valence-electron chi connectivity index (χ2n) is 7.44. The van der Waals surface area contributed by atoms with Crippen molar-refractivity contribution in [2.24, 2.45) is 0 Å². The molecule has 1 aliphatic carbocycles. The summed E-state index contributed by atoms with van der Waals surface area (Å²) < 4.78 is 38.8. The Kier molecular flexibility index (Phi) is 4.54. The molecule has 142 valence electrons. The summed E-state index contributed by atoms with van der Waals surface area (Å²) in [7, 11) is -3.32. The van der Waals surface area contributed by atoms with Crippen LogP contribution < -0.4 is 0 Å². The summed E-state index contributed by atoms with van der Waals surface area (Å²) in [6, 6.07) is 15.3. The zero-order chi connectivity index (χ0) is 19.1. The fourth-order valence-electron chi connectivity index (χ4n) is 4.01. The van der Waals surface area contributed by atoms with Crippen LogP contribution >= 0.6 is 0 Å². The smallest absolute Gasteiger partial charge is 0.233 e. The fraction of sp³-hybridized carbons (Fsp3) is 0.381. The number of carbonyl (C=O) groups is 1. The van der Waals surface area contributed by atoms with Gasteiger partial charge in [0.2, 0.25) is 5.91 Å². The number of benzene rings is 2. The Balaban J connectivity index is 1.56. The van der Waals surface area contributed by atoms with Crippen LogP contribution in [-0.2, 0) is 20.0 Å². The van der Waals surface area contributed by atoms with Gasteiger partial charge in [-0.1, -0.05) is 42.5 Å². The number of sulfone groups is 1. The molecule has 2 fully saturated rings. The highest BCUT2D eigenvalue weighted by atomic mass is 32.2. The maximum Gasteiger partial charge on any atom is 0.233 e. The molecule has 1 amide bonds. The minimum absolute atomic E-state index is 0.0296. The molecule has 2 aromatic rings. The van der Waals surface area contributed by atoms with Gasteiger partial charge in [0.25, 0.3) is 0 Å². The van der Waals surface area contributed by atoms with Crippen molar-refractivity contribution in [3.63, 3.8) is 0 Å². The van der Waals surface area contributed by atoms with Gasteiger partial charge in [-0.2, -0.15) is 0 Å². The van der Waals surface area contributed by atoms with Crippen molar-refractivity contribution in [2.45, 2.75) is 29.9 Å². The number of rotatable bonds is 3. The summed E-state index contributed by atoms with van der Waals surface area (Å²) in [4.78, 5) is 14.9. The van der Waals surface area contributed by atoms with Gasteiger partial charge in [-0.15, -0.1) is 0 Å². The molecular formula is C21H22FNO3S. The highest BCUT2D eigenvalue weighted by Crippen LogP contribution is 2.50. The summed E-state index contributed by atoms with van der Waals surface area (Å²) >= 11 is 0. The fourth-order valence-corrected chi connectivity index (χ4v) is 5.81. The lowest BCUT2D eigenvalue weighted by atomic mass is 9.94. The summed E-state index contributed by atoms with van der Waals surface area (Å²) in [6.07, 6.45) is 1.85. The third-order valence-electron chi connectivity index (χ3n) is 5.76. The van der Waals surface area contributed by atoms with E-state index in [1.807, 2.05) is 30.3 Å². The summed E-state index contributed by atoms with van der Waals surface area (Å²) in [5.41, 5.74) is 0.997. The molecule has 27 heavy (non-hydrogen) atoms. The van der Waals surface area contributed by atoms with E-state index < -0.39 is 20.5 Å². The number of hydrogen-bond donors (Lipinski definition) is 0. The van der Waals surface area contributed by atoms with Gasteiger partial charge in [0.15, 0.2) is 9.84 Å². The van der Waals surface area contributed by atoms with E-state index in [9.17, 15) is 17.6 Å². The molecule has 1 saturated carbocycles. The Bertz CT molecular complexity index is 937. The molecule has 0 radical (unpaired) electrons. The van der Waals surface area contributed by atoms with E-state index in [1.165, 1.54) is 12.1 Å². The number of nitrogens with zero attached hydrogens (tertiary/aromatic N) is 1. The predicted octanol–water partition coefficient (Wildman–Crippen LogP) is 3.25. The first-order chi connectivity index (χ1) is 12.9. The van der Waals surface area contributed by atoms with Gasteiger partial charge in [0, 0.05) is 13.1 Å². The molecule has 1 heterocycles. The molecule has 0 N–H and O–H groups in total. The molecule has 0 spiro atoms. The first-order valence-corrected chi connectivity index (χ1v) is 11.0. The van der Waals surface area contributed by atoms with Gasteiger partial charge in [-0.05, 0) is 42.5 Å². The van der Waals surface area contributed by atoms with Gasteiger partial charge < -0.3 is 4.90 Å². The number of halogens is 1. The number of amides is 1. The van der Waals surface area contributed by atoms with Crippen LogP contribution in [-0.4, -0.2) is 38.1 Å². The molecular weight excluding hydrogens is 365 g/mol. The Morgan fingerprint density at radius 1 is 1.00 bits per heavy atom. The molecule has 6 heteroatoms. The molecule has 0 unspecified atom stereocenters. The van der Waals surface area contributed by atoms with E-state index in [-0.39, 0.29) is 24.0 Å². The minimum atomic E-state index is -3.32. The van der Waals surface area contributed by atoms with E-state index in [2.05, 4.69) is 0 Å². The van der Waals surface area contributed by atoms with Crippen LogP contribution in [0.2, 0.25) is 0 Å². The Labute approximate surface area is 158 Å². The van der Waals surface area contributed by atoms with Crippen molar-refractivity contribution < 1.29 is 17.6 Å². The van der Waals surface area contributed by atoms with Crippen LogP contribution in [0.15, 0.2) is 54.6 Å². The molecule has 1 atom stereocenters. The highest BCUT2D eigenvalue weighted by Gasteiger charge is 2.53. The Morgan fingerprint density at radius 3 is 2.30 bits per heavy atom. The van der Waals surface area contributed by atoms with Crippen LogP contribution in [0.4, 0.5) is 4.39 Å². The minimum Gasteiger partial charge on any atom is -0.341 e. The molecule has 1 saturated heterocycles. The topological polar surface area (TPSA) is 54.5 Å². The van der Waals surface area contributed by atoms with Crippen molar-refractivity contribution in [3.8, 4) is 0 Å². The first kappa shape index (κ1) is 18.2. The second kappa shape index (κ2) is 6.75. The van der Waals surface area contributed by atoms with Crippen LogP contribution in [0.3, 0.4) is 0 Å². The van der Waals surface area contributed by atoms with E-state index in [0.717, 1.165) is 24.0 Å². The summed E-state index contributed by atoms with van der Waals surface area (Å²) in [6.45, 7) is 0.633. The molecule has 2 aliphatic rings. The van der Waals surface area contributed by atoms with Gasteiger partial charge in [0.1, 0.15) is 5.82 Å². The van der Waals surface area contributed by atoms with E-state index in [0.29, 0.717) is 13.0 Å². The van der Waals surface area contributed by atoms with E-state index >= 15 is 0 Å². The van der Waals surface area contributed by atoms with E-state index in [4.69, 9.17) is 0 Å². The third kappa shape index (κ3) is 3.38. The number of hydrogen-bond acceptors (Lipinski definition) is 3. The SMILES string of the molecule is O=C(N1CC[C@@H](c2ccccc2)S(=O)(=O)CC1)C1(c2ccc(F)cc2)CC1. The quantitative estimate of drug-likeness (QED) is 0.812. The standard InChI is InChI=1S/C21H22FNO3S/c22-18-8-6-17(7-9-18)21(11-12-21)20(24)23-13-10-19(27(25,26)15-14-23)16-4-2-1-3-5-16/h1-9,19H,10-15H2/t19-/m0/s1. The molecule has 2 aromatic carbocycles. The molecule has 1 aliphatic heterocycles. The second-order valence-corrected chi connectivity index (χ2v) is 9.74. The van der Waals surface area contributed by atoms with Crippen LogP contribution in [0, 0.1) is 5.82 Å². The lowest BCUT2D eigenvalue weighted by molar-refractivity contribution is -0.133. The average Bonchev–Trinajstić information content (AvgIpc) is 3.48. The lowest BCUT2D eigenvalue weighted by Crippen LogP contribution is -2.41. The van der Waals surface area contributed by atoms with Crippen molar-refractivity contribution >= 4 is 15.7 Å². The largest absolute Gasteiger partial charge is 0.341 e. The molecule has 0 bridgehead atoms. The van der Waals surface area contributed by atoms with Crippen LogP contribution in [0.1, 0.15) is 35.6 Å². The zero-order valence-corrected chi connectivity index (χ0v) is 15.8. The van der Waals surface area contributed by atoms with Crippen LogP contribution in [0.5, 0.6) is 0 Å². The summed E-state index contributed by atoms with van der Waals surface area (Å²) in [5, 5.41) is -0.572. The van der Waals surface area contributed by atoms with Crippen molar-refractivity contribution in [1.29, 1.82) is 0 Å². The number of carbonyl (C=O) groups excluding carboxylic acids is 1. The molecule has 4 nitrogen and oxygen atoms in total. The maximum absolute atomic E-state index is 13.2. The molecule has 0 aromatic heterocycles. The Morgan fingerprint density at radius 2 is 1.67 bits per heavy atom. The van der Waals surface area contributed by atoms with Crippen molar-refractivity contribution in [1.82, 2.24) is 4.90 Å². The van der Waals surface area contributed by atoms with Crippen LogP contribution in [0.25, 0.3) is 0 Å². The van der Waals surface area contributed by atoms with Gasteiger partial charge in [0.05, 0.1) is 16.4 Å². The average molecular weight is 387 g/mol. The normalized spacial score (nSPS) is 23.4. The predicted molar refractivity (Wildman–Crippen MR) is 101 cm³/mol. The monoisotopic (exact) mass is 387 g/mol. The van der Waals surface area contributed by atoms with Gasteiger partial charge in [-0.25, -0.2) is 12.8 Å². The van der Waals surface area contributed by atoms with E-state index in [1.54, 1.807) is 17.0 Å². The highest BCUT2D eigenvalue weighted by molar-refractivity contribution is 7.91. The van der Waals surface area contributed by atoms with Gasteiger partial charge >= 0.3 is 0 Å². The zero-order valence-electron chi connectivity index (χ0n) is 15.0. The molecule has 4 rings (SSSR count). The van der Waals surface area contributed by atoms with Crippen molar-refractivity contribution in [3.05, 3.63) is 71.5 Å².